The zero-order chi connectivity index (χ0) is 18.1. The van der Waals surface area contributed by atoms with Crippen LogP contribution < -0.4 is 5.32 Å². The number of carbonyl (C=O) groups is 2. The van der Waals surface area contributed by atoms with Crippen molar-refractivity contribution in [2.45, 2.75) is 32.7 Å². The molecule has 0 radical (unpaired) electrons. The second-order valence-corrected chi connectivity index (χ2v) is 6.14. The Morgan fingerprint density at radius 2 is 1.60 bits per heavy atom. The van der Waals surface area contributed by atoms with Gasteiger partial charge in [-0.15, -0.1) is 0 Å². The molecule has 4 heteroatoms. The molecule has 0 fully saturated rings. The fourth-order valence-corrected chi connectivity index (χ4v) is 2.67. The van der Waals surface area contributed by atoms with Crippen molar-refractivity contribution in [2.75, 3.05) is 6.61 Å². The Morgan fingerprint density at radius 3 is 2.20 bits per heavy atom. The molecule has 1 N–H and O–H groups in total. The van der Waals surface area contributed by atoms with Crippen LogP contribution in [0.25, 0.3) is 0 Å². The Morgan fingerprint density at radius 1 is 1.00 bits per heavy atom. The molecular formula is C21H25NO3. The maximum Gasteiger partial charge on any atom is 0.314 e. The van der Waals surface area contributed by atoms with Crippen LogP contribution in [-0.4, -0.2) is 18.5 Å². The fraction of sp³-hybridized carbons (Fsp3) is 0.333. The van der Waals surface area contributed by atoms with Crippen LogP contribution in [-0.2, 0) is 20.9 Å². The van der Waals surface area contributed by atoms with Gasteiger partial charge in [-0.05, 0) is 17.0 Å². The van der Waals surface area contributed by atoms with Crippen molar-refractivity contribution in [1.82, 2.24) is 5.32 Å². The van der Waals surface area contributed by atoms with Gasteiger partial charge in [0.1, 0.15) is 0 Å². The van der Waals surface area contributed by atoms with Gasteiger partial charge in [-0.2, -0.15) is 0 Å². The Bertz CT molecular complexity index is 670. The lowest BCUT2D eigenvalue weighted by atomic mass is 9.86. The van der Waals surface area contributed by atoms with Crippen LogP contribution >= 0.6 is 0 Å². The third-order valence-electron chi connectivity index (χ3n) is 4.30. The molecule has 0 aromatic heterocycles. The van der Waals surface area contributed by atoms with E-state index in [0.29, 0.717) is 6.54 Å². The minimum absolute atomic E-state index is 0.141. The first kappa shape index (κ1) is 18.7. The minimum Gasteiger partial charge on any atom is -0.455 e. The smallest absolute Gasteiger partial charge is 0.314 e. The van der Waals surface area contributed by atoms with E-state index in [9.17, 15) is 9.59 Å². The predicted octanol–water partition coefficient (Wildman–Crippen LogP) is 3.68. The standard InChI is InChI=1S/C21H25NO3/c1-3-16(2)20(18-12-8-5-9-13-18)21(24)25-15-19(23)22-14-17-10-6-4-7-11-17/h4-13,16,20H,3,14-15H2,1-2H3,(H,22,23)/t16-,20-/m0/s1. The summed E-state index contributed by atoms with van der Waals surface area (Å²) in [7, 11) is 0. The van der Waals surface area contributed by atoms with Crippen molar-refractivity contribution in [2.24, 2.45) is 5.92 Å². The summed E-state index contributed by atoms with van der Waals surface area (Å²) in [6, 6.07) is 19.2. The largest absolute Gasteiger partial charge is 0.455 e. The van der Waals surface area contributed by atoms with Crippen LogP contribution in [0.4, 0.5) is 0 Å². The van der Waals surface area contributed by atoms with Gasteiger partial charge in [0.15, 0.2) is 6.61 Å². The molecule has 0 aliphatic rings. The van der Waals surface area contributed by atoms with E-state index in [4.69, 9.17) is 4.74 Å². The van der Waals surface area contributed by atoms with E-state index in [1.54, 1.807) is 0 Å². The topological polar surface area (TPSA) is 55.4 Å². The molecule has 2 rings (SSSR count). The van der Waals surface area contributed by atoms with Crippen LogP contribution in [0.1, 0.15) is 37.3 Å². The lowest BCUT2D eigenvalue weighted by Crippen LogP contribution is -2.30. The first-order chi connectivity index (χ1) is 12.1. The van der Waals surface area contributed by atoms with Crippen LogP contribution in [0.15, 0.2) is 60.7 Å². The zero-order valence-electron chi connectivity index (χ0n) is 14.8. The van der Waals surface area contributed by atoms with Crippen molar-refractivity contribution in [3.8, 4) is 0 Å². The van der Waals surface area contributed by atoms with E-state index in [-0.39, 0.29) is 30.3 Å². The molecule has 0 saturated carbocycles. The Hall–Kier alpha value is -2.62. The second-order valence-electron chi connectivity index (χ2n) is 6.14. The highest BCUT2D eigenvalue weighted by Crippen LogP contribution is 2.28. The SMILES string of the molecule is CC[C@H](C)[C@H](C(=O)OCC(=O)NCc1ccccc1)c1ccccc1. The number of benzene rings is 2. The Balaban J connectivity index is 1.89. The van der Waals surface area contributed by atoms with Crippen LogP contribution in [0.3, 0.4) is 0 Å². The maximum absolute atomic E-state index is 12.5. The number of nitrogens with one attached hydrogen (secondary N) is 1. The molecule has 2 aromatic rings. The average Bonchev–Trinajstić information content (AvgIpc) is 2.66. The summed E-state index contributed by atoms with van der Waals surface area (Å²) in [5.74, 6) is -0.862. The summed E-state index contributed by atoms with van der Waals surface area (Å²) in [5.41, 5.74) is 1.93. The molecular weight excluding hydrogens is 314 g/mol. The van der Waals surface area contributed by atoms with Crippen molar-refractivity contribution in [3.05, 3.63) is 71.8 Å². The molecule has 2 atom stereocenters. The van der Waals surface area contributed by atoms with Crippen LogP contribution in [0.2, 0.25) is 0 Å². The Labute approximate surface area is 149 Å². The molecule has 0 spiro atoms. The van der Waals surface area contributed by atoms with E-state index in [1.165, 1.54) is 0 Å². The molecule has 0 aliphatic heterocycles. The molecule has 25 heavy (non-hydrogen) atoms. The van der Waals surface area contributed by atoms with Crippen molar-refractivity contribution < 1.29 is 14.3 Å². The van der Waals surface area contributed by atoms with E-state index in [0.717, 1.165) is 17.5 Å². The Kier molecular flexibility index (Phi) is 7.20. The number of esters is 1. The van der Waals surface area contributed by atoms with E-state index in [1.807, 2.05) is 74.5 Å². The molecule has 2 aromatic carbocycles. The maximum atomic E-state index is 12.5. The van der Waals surface area contributed by atoms with E-state index < -0.39 is 0 Å². The molecule has 0 heterocycles. The molecule has 1 amide bonds. The highest BCUT2D eigenvalue weighted by molar-refractivity contribution is 5.83. The van der Waals surface area contributed by atoms with Gasteiger partial charge in [0.25, 0.3) is 5.91 Å². The van der Waals surface area contributed by atoms with Gasteiger partial charge in [-0.25, -0.2) is 0 Å². The first-order valence-corrected chi connectivity index (χ1v) is 8.64. The first-order valence-electron chi connectivity index (χ1n) is 8.64. The van der Waals surface area contributed by atoms with Crippen molar-refractivity contribution >= 4 is 11.9 Å². The fourth-order valence-electron chi connectivity index (χ4n) is 2.67. The number of rotatable bonds is 8. The molecule has 0 bridgehead atoms. The van der Waals surface area contributed by atoms with Crippen LogP contribution in [0, 0.1) is 5.92 Å². The highest BCUT2D eigenvalue weighted by Gasteiger charge is 2.27. The van der Waals surface area contributed by atoms with Gasteiger partial charge < -0.3 is 10.1 Å². The molecule has 132 valence electrons. The monoisotopic (exact) mass is 339 g/mol. The van der Waals surface area contributed by atoms with Crippen LogP contribution in [0.5, 0.6) is 0 Å². The average molecular weight is 339 g/mol. The predicted molar refractivity (Wildman–Crippen MR) is 97.9 cm³/mol. The number of amides is 1. The summed E-state index contributed by atoms with van der Waals surface area (Å²) < 4.78 is 5.28. The number of hydrogen-bond acceptors (Lipinski definition) is 3. The van der Waals surface area contributed by atoms with Gasteiger partial charge in [0.05, 0.1) is 5.92 Å². The quantitative estimate of drug-likeness (QED) is 0.747. The number of ether oxygens (including phenoxy) is 1. The minimum atomic E-state index is -0.354. The summed E-state index contributed by atoms with van der Waals surface area (Å²) in [6.45, 7) is 4.23. The van der Waals surface area contributed by atoms with Gasteiger partial charge in [-0.1, -0.05) is 80.9 Å². The summed E-state index contributed by atoms with van der Waals surface area (Å²) >= 11 is 0. The van der Waals surface area contributed by atoms with Crippen molar-refractivity contribution in [3.63, 3.8) is 0 Å². The van der Waals surface area contributed by atoms with E-state index in [2.05, 4.69) is 5.32 Å². The van der Waals surface area contributed by atoms with Gasteiger partial charge in [0.2, 0.25) is 0 Å². The lowest BCUT2D eigenvalue weighted by Gasteiger charge is -2.21. The molecule has 0 saturated heterocycles. The van der Waals surface area contributed by atoms with Gasteiger partial charge >= 0.3 is 5.97 Å². The normalized spacial score (nSPS) is 12.9. The molecule has 0 aliphatic carbocycles. The third kappa shape index (κ3) is 5.75. The second kappa shape index (κ2) is 9.62. The summed E-state index contributed by atoms with van der Waals surface area (Å²) in [5, 5.41) is 2.76. The summed E-state index contributed by atoms with van der Waals surface area (Å²) in [4.78, 5) is 24.5. The zero-order valence-corrected chi connectivity index (χ0v) is 14.8. The lowest BCUT2D eigenvalue weighted by molar-refractivity contribution is -0.151. The third-order valence-corrected chi connectivity index (χ3v) is 4.30. The highest BCUT2D eigenvalue weighted by atomic mass is 16.5. The van der Waals surface area contributed by atoms with Gasteiger partial charge in [0, 0.05) is 6.54 Å². The van der Waals surface area contributed by atoms with Gasteiger partial charge in [-0.3, -0.25) is 9.59 Å². The molecule has 4 nitrogen and oxygen atoms in total. The summed E-state index contributed by atoms with van der Waals surface area (Å²) in [6.07, 6.45) is 0.856. The van der Waals surface area contributed by atoms with Crippen molar-refractivity contribution in [1.29, 1.82) is 0 Å². The number of carbonyl (C=O) groups excluding carboxylic acids is 2. The number of hydrogen-bond donors (Lipinski definition) is 1. The molecule has 0 unspecified atom stereocenters. The van der Waals surface area contributed by atoms with E-state index >= 15 is 0 Å².